The SMILES string of the molecule is Cc1ccc(-c2nc(C)sc2CC(=O)NCCOc2ccccc2)cc1. The third-order valence-corrected chi connectivity index (χ3v) is 4.86. The minimum Gasteiger partial charge on any atom is -0.492 e. The summed E-state index contributed by atoms with van der Waals surface area (Å²) in [5, 5.41) is 3.88. The Labute approximate surface area is 157 Å². The van der Waals surface area contributed by atoms with Crippen LogP contribution in [0.25, 0.3) is 11.3 Å². The number of nitrogens with one attached hydrogen (secondary N) is 1. The Balaban J connectivity index is 1.55. The van der Waals surface area contributed by atoms with Crippen molar-refractivity contribution in [3.8, 4) is 17.0 Å². The highest BCUT2D eigenvalue weighted by Crippen LogP contribution is 2.28. The van der Waals surface area contributed by atoms with Crippen molar-refractivity contribution >= 4 is 17.2 Å². The molecule has 1 heterocycles. The van der Waals surface area contributed by atoms with E-state index in [0.717, 1.165) is 26.9 Å². The quantitative estimate of drug-likeness (QED) is 0.639. The lowest BCUT2D eigenvalue weighted by Gasteiger charge is -2.08. The molecule has 0 aliphatic carbocycles. The molecule has 0 saturated carbocycles. The van der Waals surface area contributed by atoms with Gasteiger partial charge in [0.05, 0.1) is 23.7 Å². The zero-order valence-electron chi connectivity index (χ0n) is 15.0. The molecule has 0 saturated heterocycles. The summed E-state index contributed by atoms with van der Waals surface area (Å²) >= 11 is 1.57. The summed E-state index contributed by atoms with van der Waals surface area (Å²) in [6.45, 7) is 4.95. The molecule has 3 rings (SSSR count). The van der Waals surface area contributed by atoms with E-state index in [1.54, 1.807) is 11.3 Å². The van der Waals surface area contributed by atoms with Gasteiger partial charge < -0.3 is 10.1 Å². The number of thiazole rings is 1. The van der Waals surface area contributed by atoms with Gasteiger partial charge in [-0.1, -0.05) is 48.0 Å². The Morgan fingerprint density at radius 2 is 1.81 bits per heavy atom. The van der Waals surface area contributed by atoms with Gasteiger partial charge in [-0.15, -0.1) is 11.3 Å². The summed E-state index contributed by atoms with van der Waals surface area (Å²) in [7, 11) is 0. The van der Waals surface area contributed by atoms with Crippen molar-refractivity contribution in [2.24, 2.45) is 0 Å². The maximum Gasteiger partial charge on any atom is 0.225 e. The topological polar surface area (TPSA) is 51.2 Å². The van der Waals surface area contributed by atoms with Crippen molar-refractivity contribution in [2.75, 3.05) is 13.2 Å². The average Bonchev–Trinajstić information content (AvgIpc) is 3.00. The molecule has 0 fully saturated rings. The Bertz CT molecular complexity index is 857. The van der Waals surface area contributed by atoms with Gasteiger partial charge in [0.1, 0.15) is 12.4 Å². The maximum atomic E-state index is 12.3. The Morgan fingerprint density at radius 3 is 2.54 bits per heavy atom. The van der Waals surface area contributed by atoms with Crippen LogP contribution in [-0.4, -0.2) is 24.0 Å². The van der Waals surface area contributed by atoms with Crippen LogP contribution in [0.2, 0.25) is 0 Å². The number of nitrogens with zero attached hydrogens (tertiary/aromatic N) is 1. The normalized spacial score (nSPS) is 10.5. The molecule has 4 nitrogen and oxygen atoms in total. The standard InChI is InChI=1S/C21H22N2O2S/c1-15-8-10-17(11-9-15)21-19(26-16(2)23-21)14-20(24)22-12-13-25-18-6-4-3-5-7-18/h3-11H,12-14H2,1-2H3,(H,22,24). The van der Waals surface area contributed by atoms with Crippen LogP contribution in [0.5, 0.6) is 5.75 Å². The molecule has 0 bridgehead atoms. The Hall–Kier alpha value is -2.66. The number of carbonyl (C=O) groups is 1. The number of aromatic nitrogens is 1. The Morgan fingerprint density at radius 1 is 1.08 bits per heavy atom. The van der Waals surface area contributed by atoms with Crippen molar-refractivity contribution in [1.29, 1.82) is 0 Å². The van der Waals surface area contributed by atoms with E-state index in [1.807, 2.05) is 37.3 Å². The van der Waals surface area contributed by atoms with Gasteiger partial charge in [0.15, 0.2) is 0 Å². The number of para-hydroxylation sites is 1. The molecule has 1 aromatic heterocycles. The predicted molar refractivity (Wildman–Crippen MR) is 106 cm³/mol. The molecule has 1 N–H and O–H groups in total. The molecule has 2 aromatic carbocycles. The van der Waals surface area contributed by atoms with E-state index < -0.39 is 0 Å². The molecule has 134 valence electrons. The molecule has 0 atom stereocenters. The molecule has 26 heavy (non-hydrogen) atoms. The molecule has 0 aliphatic rings. The summed E-state index contributed by atoms with van der Waals surface area (Å²) in [5.41, 5.74) is 3.16. The first-order valence-electron chi connectivity index (χ1n) is 8.60. The monoisotopic (exact) mass is 366 g/mol. The van der Waals surface area contributed by atoms with Crippen LogP contribution in [0.4, 0.5) is 0 Å². The van der Waals surface area contributed by atoms with E-state index in [1.165, 1.54) is 5.56 Å². The van der Waals surface area contributed by atoms with Gasteiger partial charge in [-0.3, -0.25) is 4.79 Å². The van der Waals surface area contributed by atoms with E-state index in [2.05, 4.69) is 41.5 Å². The van der Waals surface area contributed by atoms with Crippen molar-refractivity contribution in [3.63, 3.8) is 0 Å². The fourth-order valence-electron chi connectivity index (χ4n) is 2.61. The summed E-state index contributed by atoms with van der Waals surface area (Å²) in [4.78, 5) is 17.9. The highest BCUT2D eigenvalue weighted by atomic mass is 32.1. The molecule has 5 heteroatoms. The summed E-state index contributed by atoms with van der Waals surface area (Å²) < 4.78 is 5.59. The highest BCUT2D eigenvalue weighted by molar-refractivity contribution is 7.12. The number of hydrogen-bond acceptors (Lipinski definition) is 4. The van der Waals surface area contributed by atoms with E-state index in [0.29, 0.717) is 19.6 Å². The van der Waals surface area contributed by atoms with Crippen molar-refractivity contribution in [3.05, 3.63) is 70.0 Å². The van der Waals surface area contributed by atoms with Gasteiger partial charge in [-0.2, -0.15) is 0 Å². The molecule has 0 radical (unpaired) electrons. The maximum absolute atomic E-state index is 12.3. The fraction of sp³-hybridized carbons (Fsp3) is 0.238. The second-order valence-electron chi connectivity index (χ2n) is 6.06. The van der Waals surface area contributed by atoms with E-state index >= 15 is 0 Å². The second kappa shape index (κ2) is 8.63. The zero-order valence-corrected chi connectivity index (χ0v) is 15.8. The molecular formula is C21H22N2O2S. The van der Waals surface area contributed by atoms with Crippen LogP contribution in [0.1, 0.15) is 15.4 Å². The first kappa shape index (κ1) is 18.1. The highest BCUT2D eigenvalue weighted by Gasteiger charge is 2.14. The van der Waals surface area contributed by atoms with Crippen LogP contribution in [0.15, 0.2) is 54.6 Å². The number of benzene rings is 2. The van der Waals surface area contributed by atoms with Gasteiger partial charge in [-0.25, -0.2) is 4.98 Å². The predicted octanol–water partition coefficient (Wildman–Crippen LogP) is 4.16. The average molecular weight is 366 g/mol. The van der Waals surface area contributed by atoms with Gasteiger partial charge >= 0.3 is 0 Å². The molecular weight excluding hydrogens is 344 g/mol. The van der Waals surface area contributed by atoms with Gasteiger partial charge in [0, 0.05) is 10.4 Å². The number of ether oxygens (including phenoxy) is 1. The summed E-state index contributed by atoms with van der Waals surface area (Å²) in [5.74, 6) is 0.792. The minimum absolute atomic E-state index is 0.0151. The summed E-state index contributed by atoms with van der Waals surface area (Å²) in [6, 6.07) is 17.8. The van der Waals surface area contributed by atoms with Crippen LogP contribution in [0, 0.1) is 13.8 Å². The van der Waals surface area contributed by atoms with Crippen molar-refractivity contribution in [2.45, 2.75) is 20.3 Å². The zero-order chi connectivity index (χ0) is 18.4. The van der Waals surface area contributed by atoms with Crippen molar-refractivity contribution in [1.82, 2.24) is 10.3 Å². The molecule has 0 unspecified atom stereocenters. The van der Waals surface area contributed by atoms with E-state index in [-0.39, 0.29) is 5.91 Å². The van der Waals surface area contributed by atoms with Gasteiger partial charge in [0.25, 0.3) is 0 Å². The lowest BCUT2D eigenvalue weighted by atomic mass is 10.1. The van der Waals surface area contributed by atoms with Gasteiger partial charge in [0.2, 0.25) is 5.91 Å². The van der Waals surface area contributed by atoms with Crippen molar-refractivity contribution < 1.29 is 9.53 Å². The van der Waals surface area contributed by atoms with Crippen LogP contribution >= 0.6 is 11.3 Å². The number of rotatable bonds is 7. The first-order chi connectivity index (χ1) is 12.6. The van der Waals surface area contributed by atoms with E-state index in [4.69, 9.17) is 4.74 Å². The number of amides is 1. The van der Waals surface area contributed by atoms with Crippen LogP contribution < -0.4 is 10.1 Å². The van der Waals surface area contributed by atoms with Gasteiger partial charge in [-0.05, 0) is 26.0 Å². The van der Waals surface area contributed by atoms with Crippen LogP contribution in [-0.2, 0) is 11.2 Å². The molecule has 0 spiro atoms. The first-order valence-corrected chi connectivity index (χ1v) is 9.41. The largest absolute Gasteiger partial charge is 0.492 e. The minimum atomic E-state index is -0.0151. The number of hydrogen-bond donors (Lipinski definition) is 1. The van der Waals surface area contributed by atoms with E-state index in [9.17, 15) is 4.79 Å². The smallest absolute Gasteiger partial charge is 0.225 e. The lowest BCUT2D eigenvalue weighted by Crippen LogP contribution is -2.29. The molecule has 3 aromatic rings. The Kier molecular flexibility index (Phi) is 6.02. The number of aryl methyl sites for hydroxylation is 2. The lowest BCUT2D eigenvalue weighted by molar-refractivity contribution is -0.120. The van der Waals surface area contributed by atoms with Crippen LogP contribution in [0.3, 0.4) is 0 Å². The third-order valence-electron chi connectivity index (χ3n) is 3.89. The number of carbonyl (C=O) groups excluding carboxylic acids is 1. The molecule has 0 aliphatic heterocycles. The fourth-order valence-corrected chi connectivity index (χ4v) is 3.57. The third kappa shape index (κ3) is 4.92. The summed E-state index contributed by atoms with van der Waals surface area (Å²) in [6.07, 6.45) is 0.333. The molecule has 1 amide bonds. The second-order valence-corrected chi connectivity index (χ2v) is 7.35.